The van der Waals surface area contributed by atoms with Gasteiger partial charge in [0.2, 0.25) is 0 Å². The first-order chi connectivity index (χ1) is 5.70. The van der Waals surface area contributed by atoms with Crippen LogP contribution in [0.25, 0.3) is 5.52 Å². The molecule has 4 nitrogen and oxygen atoms in total. The van der Waals surface area contributed by atoms with Gasteiger partial charge in [0.05, 0.1) is 0 Å². The first-order valence-corrected chi connectivity index (χ1v) is 4.52. The summed E-state index contributed by atoms with van der Waals surface area (Å²) in [7, 11) is 0. The van der Waals surface area contributed by atoms with Crippen molar-refractivity contribution in [1.29, 1.82) is 0 Å². The van der Waals surface area contributed by atoms with Crippen LogP contribution in [0.3, 0.4) is 0 Å². The number of nitrogen functional groups attached to an aromatic ring is 1. The van der Waals surface area contributed by atoms with Crippen molar-refractivity contribution in [3.8, 4) is 0 Å². The molecule has 0 saturated heterocycles. The molecule has 0 atom stereocenters. The number of fused-ring (bicyclic) bond motifs is 1. The van der Waals surface area contributed by atoms with Gasteiger partial charge in [-0.1, -0.05) is 0 Å². The summed E-state index contributed by atoms with van der Waals surface area (Å²) in [5.74, 6) is 1.46. The van der Waals surface area contributed by atoms with E-state index in [1.165, 1.54) is 0 Å². The lowest BCUT2D eigenvalue weighted by Gasteiger charge is -1.97. The van der Waals surface area contributed by atoms with Crippen LogP contribution in [0.1, 0.15) is 5.82 Å². The summed E-state index contributed by atoms with van der Waals surface area (Å²) in [6.07, 6.45) is 3.53. The maximum absolute atomic E-state index is 5.69. The molecule has 2 aromatic heterocycles. The van der Waals surface area contributed by atoms with Gasteiger partial charge in [0, 0.05) is 12.4 Å². The zero-order valence-corrected chi connectivity index (χ0v) is 8.61. The number of anilines is 1. The van der Waals surface area contributed by atoms with Gasteiger partial charge in [0.1, 0.15) is 15.0 Å². The fourth-order valence-electron chi connectivity index (χ4n) is 1.16. The van der Waals surface area contributed by atoms with Crippen LogP contribution in [0.2, 0.25) is 0 Å². The molecule has 0 aliphatic heterocycles. The van der Waals surface area contributed by atoms with Crippen LogP contribution in [-0.4, -0.2) is 14.4 Å². The molecule has 0 aliphatic rings. The molecule has 62 valence electrons. The van der Waals surface area contributed by atoms with Gasteiger partial charge in [0.15, 0.2) is 5.82 Å². The average molecular weight is 274 g/mol. The van der Waals surface area contributed by atoms with Crippen LogP contribution in [0.15, 0.2) is 12.4 Å². The third-order valence-electron chi connectivity index (χ3n) is 1.72. The summed E-state index contributed by atoms with van der Waals surface area (Å²) in [4.78, 5) is 8.27. The fourth-order valence-corrected chi connectivity index (χ4v) is 2.05. The molecule has 2 heterocycles. The van der Waals surface area contributed by atoms with Crippen LogP contribution in [0.5, 0.6) is 0 Å². The second-order valence-electron chi connectivity index (χ2n) is 2.48. The van der Waals surface area contributed by atoms with Gasteiger partial charge in [-0.05, 0) is 29.5 Å². The Bertz CT molecular complexity index is 434. The number of rotatable bonds is 0. The van der Waals surface area contributed by atoms with Crippen molar-refractivity contribution in [3.05, 3.63) is 21.9 Å². The van der Waals surface area contributed by atoms with E-state index < -0.39 is 0 Å². The van der Waals surface area contributed by atoms with Crippen molar-refractivity contribution >= 4 is 33.9 Å². The van der Waals surface area contributed by atoms with Crippen molar-refractivity contribution < 1.29 is 0 Å². The molecule has 2 rings (SSSR count). The van der Waals surface area contributed by atoms with Crippen molar-refractivity contribution in [2.75, 3.05) is 5.73 Å². The van der Waals surface area contributed by atoms with Crippen LogP contribution in [-0.2, 0) is 0 Å². The molecule has 0 saturated carbocycles. The predicted molar refractivity (Wildman–Crippen MR) is 54.9 cm³/mol. The quantitative estimate of drug-likeness (QED) is 0.735. The Balaban J connectivity index is 2.99. The molecule has 12 heavy (non-hydrogen) atoms. The minimum atomic E-state index is 0.530. The largest absolute Gasteiger partial charge is 0.382 e. The van der Waals surface area contributed by atoms with E-state index in [9.17, 15) is 0 Å². The summed E-state index contributed by atoms with van der Waals surface area (Å²) in [5, 5.41) is 0. The van der Waals surface area contributed by atoms with E-state index in [0.29, 0.717) is 5.82 Å². The Morgan fingerprint density at radius 3 is 3.00 bits per heavy atom. The van der Waals surface area contributed by atoms with Crippen molar-refractivity contribution in [3.63, 3.8) is 0 Å². The number of nitrogens with two attached hydrogens (primary N) is 1. The zero-order valence-electron chi connectivity index (χ0n) is 6.45. The second kappa shape index (κ2) is 2.58. The minimum Gasteiger partial charge on any atom is -0.382 e. The third-order valence-corrected chi connectivity index (χ3v) is 2.47. The molecular weight excluding hydrogens is 267 g/mol. The van der Waals surface area contributed by atoms with Crippen LogP contribution < -0.4 is 5.73 Å². The number of aryl methyl sites for hydroxylation is 1. The summed E-state index contributed by atoms with van der Waals surface area (Å²) in [6.45, 7) is 1.94. The molecule has 0 fully saturated rings. The molecule has 0 bridgehead atoms. The highest BCUT2D eigenvalue weighted by atomic mass is 127. The number of hydrogen-bond acceptors (Lipinski definition) is 3. The zero-order chi connectivity index (χ0) is 8.72. The van der Waals surface area contributed by atoms with E-state index in [1.54, 1.807) is 6.20 Å². The molecule has 0 amide bonds. The smallest absolute Gasteiger partial charge is 0.150 e. The Kier molecular flexibility index (Phi) is 1.67. The number of nitrogens with zero attached hydrogens (tertiary/aromatic N) is 3. The maximum Gasteiger partial charge on any atom is 0.150 e. The normalized spacial score (nSPS) is 10.8. The average Bonchev–Trinajstić information content (AvgIpc) is 2.29. The fraction of sp³-hybridized carbons (Fsp3) is 0.143. The topological polar surface area (TPSA) is 56.2 Å². The van der Waals surface area contributed by atoms with Gasteiger partial charge in [0.25, 0.3) is 0 Å². The van der Waals surface area contributed by atoms with E-state index in [1.807, 2.05) is 17.5 Å². The molecule has 2 N–H and O–H groups in total. The van der Waals surface area contributed by atoms with Gasteiger partial charge in [-0.15, -0.1) is 0 Å². The number of hydrogen-bond donors (Lipinski definition) is 1. The monoisotopic (exact) mass is 274 g/mol. The summed E-state index contributed by atoms with van der Waals surface area (Å²) >= 11 is 2.15. The van der Waals surface area contributed by atoms with Gasteiger partial charge in [-0.3, -0.25) is 4.40 Å². The molecule has 0 aromatic carbocycles. The van der Waals surface area contributed by atoms with E-state index in [2.05, 4.69) is 32.6 Å². The molecule has 0 unspecified atom stereocenters. The van der Waals surface area contributed by atoms with Crippen LogP contribution in [0, 0.1) is 10.6 Å². The lowest BCUT2D eigenvalue weighted by Crippen LogP contribution is -1.95. The predicted octanol–water partition coefficient (Wildman–Crippen LogP) is 1.22. The second-order valence-corrected chi connectivity index (χ2v) is 3.50. The number of aromatic nitrogens is 3. The van der Waals surface area contributed by atoms with Gasteiger partial charge < -0.3 is 5.73 Å². The summed E-state index contributed by atoms with van der Waals surface area (Å²) in [6, 6.07) is 0. The highest BCUT2D eigenvalue weighted by Gasteiger charge is 2.07. The maximum atomic E-state index is 5.69. The van der Waals surface area contributed by atoms with E-state index in [-0.39, 0.29) is 0 Å². The first kappa shape index (κ1) is 7.78. The SMILES string of the molecule is Cc1nc(I)c2c(N)nccn12. The van der Waals surface area contributed by atoms with Crippen molar-refractivity contribution in [1.82, 2.24) is 14.4 Å². The standard InChI is InChI=1S/C7H7IN4/c1-4-11-6(8)5-7(9)10-2-3-12(4)5/h2-3H,1H3,(H2,9,10). The molecule has 0 radical (unpaired) electrons. The number of imidazole rings is 1. The van der Waals surface area contributed by atoms with Gasteiger partial charge in [-0.25, -0.2) is 9.97 Å². The molecule has 0 spiro atoms. The molecule has 5 heteroatoms. The van der Waals surface area contributed by atoms with Crippen molar-refractivity contribution in [2.45, 2.75) is 6.92 Å². The lowest BCUT2D eigenvalue weighted by molar-refractivity contribution is 1.03. The third kappa shape index (κ3) is 0.961. The van der Waals surface area contributed by atoms with E-state index in [4.69, 9.17) is 5.73 Å². The van der Waals surface area contributed by atoms with Gasteiger partial charge in [-0.2, -0.15) is 0 Å². The Morgan fingerprint density at radius 1 is 1.58 bits per heavy atom. The molecular formula is C7H7IN4. The Hall–Kier alpha value is -0.850. The highest BCUT2D eigenvalue weighted by Crippen LogP contribution is 2.18. The molecule has 0 aliphatic carbocycles. The Labute approximate surface area is 83.0 Å². The summed E-state index contributed by atoms with van der Waals surface area (Å²) in [5.41, 5.74) is 6.59. The highest BCUT2D eigenvalue weighted by molar-refractivity contribution is 14.1. The molecule has 2 aromatic rings. The van der Waals surface area contributed by atoms with Crippen LogP contribution in [0.4, 0.5) is 5.82 Å². The minimum absolute atomic E-state index is 0.530. The van der Waals surface area contributed by atoms with Crippen molar-refractivity contribution in [2.24, 2.45) is 0 Å². The van der Waals surface area contributed by atoms with Crippen LogP contribution >= 0.6 is 22.6 Å². The lowest BCUT2D eigenvalue weighted by atomic mass is 10.5. The van der Waals surface area contributed by atoms with E-state index >= 15 is 0 Å². The Morgan fingerprint density at radius 2 is 2.33 bits per heavy atom. The first-order valence-electron chi connectivity index (χ1n) is 3.45. The van der Waals surface area contributed by atoms with Gasteiger partial charge >= 0.3 is 0 Å². The number of halogens is 1. The summed E-state index contributed by atoms with van der Waals surface area (Å²) < 4.78 is 2.83. The van der Waals surface area contributed by atoms with E-state index in [0.717, 1.165) is 15.0 Å².